The summed E-state index contributed by atoms with van der Waals surface area (Å²) in [6.07, 6.45) is 0. The van der Waals surface area contributed by atoms with E-state index in [4.69, 9.17) is 27.9 Å². The number of methoxy groups -OCH3 is 1. The van der Waals surface area contributed by atoms with Crippen molar-refractivity contribution in [2.45, 2.75) is 13.0 Å². The standard InChI is InChI=1S/C15H15Cl2NO/c1-10(12-8-7-11(16)9-13(12)17)18-14-5-3-4-6-15(14)19-2/h3-10,18H,1-2H3. The monoisotopic (exact) mass is 295 g/mol. The molecule has 0 fully saturated rings. The molecule has 100 valence electrons. The van der Waals surface area contributed by atoms with E-state index < -0.39 is 0 Å². The zero-order valence-electron chi connectivity index (χ0n) is 10.8. The van der Waals surface area contributed by atoms with Gasteiger partial charge in [-0.2, -0.15) is 0 Å². The van der Waals surface area contributed by atoms with Crippen molar-refractivity contribution in [3.63, 3.8) is 0 Å². The first-order valence-electron chi connectivity index (χ1n) is 5.96. The zero-order valence-corrected chi connectivity index (χ0v) is 12.3. The molecule has 0 saturated carbocycles. The summed E-state index contributed by atoms with van der Waals surface area (Å²) >= 11 is 12.1. The van der Waals surface area contributed by atoms with Gasteiger partial charge in [-0.15, -0.1) is 0 Å². The van der Waals surface area contributed by atoms with Crippen LogP contribution in [0.5, 0.6) is 5.75 Å². The van der Waals surface area contributed by atoms with Gasteiger partial charge < -0.3 is 10.1 Å². The summed E-state index contributed by atoms with van der Waals surface area (Å²) in [4.78, 5) is 0. The molecule has 0 aliphatic rings. The maximum absolute atomic E-state index is 6.21. The molecule has 0 amide bonds. The van der Waals surface area contributed by atoms with Gasteiger partial charge in [0, 0.05) is 10.0 Å². The van der Waals surface area contributed by atoms with Crippen molar-refractivity contribution in [1.82, 2.24) is 0 Å². The molecule has 1 unspecified atom stereocenters. The average Bonchev–Trinajstić information content (AvgIpc) is 2.39. The summed E-state index contributed by atoms with van der Waals surface area (Å²) in [5, 5.41) is 4.68. The summed E-state index contributed by atoms with van der Waals surface area (Å²) < 4.78 is 5.31. The van der Waals surface area contributed by atoms with Crippen LogP contribution < -0.4 is 10.1 Å². The average molecular weight is 296 g/mol. The van der Waals surface area contributed by atoms with E-state index in [0.29, 0.717) is 10.0 Å². The van der Waals surface area contributed by atoms with E-state index in [0.717, 1.165) is 17.0 Å². The largest absolute Gasteiger partial charge is 0.495 e. The molecule has 0 aliphatic carbocycles. The smallest absolute Gasteiger partial charge is 0.141 e. The predicted molar refractivity (Wildman–Crippen MR) is 81.5 cm³/mol. The third-order valence-corrected chi connectivity index (χ3v) is 3.47. The molecule has 0 spiro atoms. The van der Waals surface area contributed by atoms with Crippen molar-refractivity contribution in [3.05, 3.63) is 58.1 Å². The normalized spacial score (nSPS) is 12.0. The van der Waals surface area contributed by atoms with E-state index in [1.165, 1.54) is 0 Å². The first-order valence-corrected chi connectivity index (χ1v) is 6.72. The van der Waals surface area contributed by atoms with Gasteiger partial charge in [-0.05, 0) is 36.8 Å². The van der Waals surface area contributed by atoms with Crippen LogP contribution in [0.2, 0.25) is 10.0 Å². The summed E-state index contributed by atoms with van der Waals surface area (Å²) in [7, 11) is 1.65. The Balaban J connectivity index is 2.23. The van der Waals surface area contributed by atoms with Crippen LogP contribution in [-0.4, -0.2) is 7.11 Å². The molecule has 1 atom stereocenters. The predicted octanol–water partition coefficient (Wildman–Crippen LogP) is 5.18. The first kappa shape index (κ1) is 14.0. The quantitative estimate of drug-likeness (QED) is 0.839. The number of nitrogens with one attached hydrogen (secondary N) is 1. The highest BCUT2D eigenvalue weighted by molar-refractivity contribution is 6.35. The lowest BCUT2D eigenvalue weighted by Gasteiger charge is -2.19. The fourth-order valence-corrected chi connectivity index (χ4v) is 2.50. The second-order valence-corrected chi connectivity index (χ2v) is 5.08. The van der Waals surface area contributed by atoms with Crippen LogP contribution in [0.3, 0.4) is 0 Å². The van der Waals surface area contributed by atoms with Crippen LogP contribution in [0, 0.1) is 0 Å². The summed E-state index contributed by atoms with van der Waals surface area (Å²) in [5.41, 5.74) is 1.93. The van der Waals surface area contributed by atoms with Gasteiger partial charge in [0.05, 0.1) is 18.8 Å². The number of anilines is 1. The molecule has 0 radical (unpaired) electrons. The molecule has 0 aromatic heterocycles. The lowest BCUT2D eigenvalue weighted by molar-refractivity contribution is 0.416. The SMILES string of the molecule is COc1ccccc1NC(C)c1ccc(Cl)cc1Cl. The molecule has 0 heterocycles. The van der Waals surface area contributed by atoms with Gasteiger partial charge in [-0.1, -0.05) is 41.4 Å². The molecular formula is C15H15Cl2NO. The van der Waals surface area contributed by atoms with Crippen molar-refractivity contribution >= 4 is 28.9 Å². The summed E-state index contributed by atoms with van der Waals surface area (Å²) in [6.45, 7) is 2.04. The first-order chi connectivity index (χ1) is 9.11. The maximum Gasteiger partial charge on any atom is 0.141 e. The molecule has 2 aromatic rings. The van der Waals surface area contributed by atoms with E-state index in [1.54, 1.807) is 13.2 Å². The fraction of sp³-hybridized carbons (Fsp3) is 0.200. The van der Waals surface area contributed by atoms with Gasteiger partial charge in [0.1, 0.15) is 5.75 Å². The second-order valence-electron chi connectivity index (χ2n) is 4.23. The number of benzene rings is 2. The highest BCUT2D eigenvalue weighted by atomic mass is 35.5. The molecule has 4 heteroatoms. The number of hydrogen-bond acceptors (Lipinski definition) is 2. The fourth-order valence-electron chi connectivity index (χ4n) is 1.93. The topological polar surface area (TPSA) is 21.3 Å². The number of para-hydroxylation sites is 2. The molecule has 1 N–H and O–H groups in total. The Morgan fingerprint density at radius 2 is 1.84 bits per heavy atom. The van der Waals surface area contributed by atoms with E-state index in [1.807, 2.05) is 43.3 Å². The number of ether oxygens (including phenoxy) is 1. The minimum Gasteiger partial charge on any atom is -0.495 e. The molecule has 2 aromatic carbocycles. The zero-order chi connectivity index (χ0) is 13.8. The number of hydrogen-bond donors (Lipinski definition) is 1. The second kappa shape index (κ2) is 6.18. The Labute approximate surface area is 123 Å². The summed E-state index contributed by atoms with van der Waals surface area (Å²) in [6, 6.07) is 13.4. The molecular weight excluding hydrogens is 281 g/mol. The van der Waals surface area contributed by atoms with Crippen molar-refractivity contribution in [1.29, 1.82) is 0 Å². The number of halogens is 2. The highest BCUT2D eigenvalue weighted by Crippen LogP contribution is 2.31. The van der Waals surface area contributed by atoms with E-state index >= 15 is 0 Å². The molecule has 2 nitrogen and oxygen atoms in total. The van der Waals surface area contributed by atoms with Gasteiger partial charge in [0.2, 0.25) is 0 Å². The summed E-state index contributed by atoms with van der Waals surface area (Å²) in [5.74, 6) is 0.805. The van der Waals surface area contributed by atoms with Crippen molar-refractivity contribution in [2.75, 3.05) is 12.4 Å². The van der Waals surface area contributed by atoms with Crippen LogP contribution in [0.4, 0.5) is 5.69 Å². The molecule has 0 saturated heterocycles. The minimum atomic E-state index is 0.0565. The van der Waals surface area contributed by atoms with Gasteiger partial charge in [-0.25, -0.2) is 0 Å². The van der Waals surface area contributed by atoms with Gasteiger partial charge >= 0.3 is 0 Å². The third kappa shape index (κ3) is 3.34. The van der Waals surface area contributed by atoms with Crippen LogP contribution in [0.15, 0.2) is 42.5 Å². The van der Waals surface area contributed by atoms with Crippen molar-refractivity contribution in [2.24, 2.45) is 0 Å². The van der Waals surface area contributed by atoms with Gasteiger partial charge in [0.25, 0.3) is 0 Å². The van der Waals surface area contributed by atoms with Crippen LogP contribution in [0.25, 0.3) is 0 Å². The Morgan fingerprint density at radius 3 is 2.53 bits per heavy atom. The third-order valence-electron chi connectivity index (χ3n) is 2.91. The number of rotatable bonds is 4. The molecule has 19 heavy (non-hydrogen) atoms. The van der Waals surface area contributed by atoms with E-state index in [2.05, 4.69) is 5.32 Å². The molecule has 0 aliphatic heterocycles. The van der Waals surface area contributed by atoms with Gasteiger partial charge in [0.15, 0.2) is 0 Å². The lowest BCUT2D eigenvalue weighted by Crippen LogP contribution is -2.08. The van der Waals surface area contributed by atoms with Crippen LogP contribution in [-0.2, 0) is 0 Å². The molecule has 0 bridgehead atoms. The van der Waals surface area contributed by atoms with Crippen LogP contribution >= 0.6 is 23.2 Å². The van der Waals surface area contributed by atoms with Crippen molar-refractivity contribution < 1.29 is 4.74 Å². The Kier molecular flexibility index (Phi) is 4.56. The minimum absolute atomic E-state index is 0.0565. The molecule has 2 rings (SSSR count). The Hall–Kier alpha value is -1.38. The van der Waals surface area contributed by atoms with Crippen molar-refractivity contribution in [3.8, 4) is 5.75 Å². The van der Waals surface area contributed by atoms with E-state index in [9.17, 15) is 0 Å². The van der Waals surface area contributed by atoms with Crippen LogP contribution in [0.1, 0.15) is 18.5 Å². The Bertz CT molecular complexity index is 572. The van der Waals surface area contributed by atoms with Gasteiger partial charge in [-0.3, -0.25) is 0 Å². The maximum atomic E-state index is 6.21. The van der Waals surface area contributed by atoms with E-state index in [-0.39, 0.29) is 6.04 Å². The Morgan fingerprint density at radius 1 is 1.11 bits per heavy atom. The highest BCUT2D eigenvalue weighted by Gasteiger charge is 2.11. The lowest BCUT2D eigenvalue weighted by atomic mass is 10.1.